The van der Waals surface area contributed by atoms with Gasteiger partial charge < -0.3 is 9.84 Å². The lowest BCUT2D eigenvalue weighted by Crippen LogP contribution is -2.17. The fraction of sp³-hybridized carbons (Fsp3) is 0.467. The molecule has 0 atom stereocenters. The molecule has 2 N–H and O–H groups in total. The fourth-order valence-corrected chi connectivity index (χ4v) is 1.91. The molecular weight excluding hydrogens is 258 g/mol. The van der Waals surface area contributed by atoms with Crippen LogP contribution in [0.5, 0.6) is 0 Å². The van der Waals surface area contributed by atoms with Crippen molar-refractivity contribution in [2.75, 3.05) is 11.9 Å². The molecule has 5 nitrogen and oxygen atoms in total. The molecule has 0 bridgehead atoms. The molecule has 0 radical (unpaired) electrons. The fourth-order valence-electron chi connectivity index (χ4n) is 1.91. The van der Waals surface area contributed by atoms with Crippen LogP contribution in [0.2, 0.25) is 0 Å². The Morgan fingerprint density at radius 1 is 1.25 bits per heavy atom. The molecule has 0 saturated heterocycles. The number of aryl methyl sites for hydroxylation is 1. The number of amides is 1. The molecule has 1 rings (SSSR count). The van der Waals surface area contributed by atoms with Crippen molar-refractivity contribution >= 4 is 17.7 Å². The maximum Gasteiger partial charge on any atom is 0.411 e. The summed E-state index contributed by atoms with van der Waals surface area (Å²) in [6.45, 7) is 4.28. The van der Waals surface area contributed by atoms with E-state index in [1.165, 1.54) is 0 Å². The summed E-state index contributed by atoms with van der Waals surface area (Å²) in [5, 5.41) is 11.7. The van der Waals surface area contributed by atoms with Gasteiger partial charge in [0.05, 0.1) is 17.9 Å². The molecule has 0 fully saturated rings. The molecule has 0 heterocycles. The molecule has 0 aromatic heterocycles. The van der Waals surface area contributed by atoms with Gasteiger partial charge >= 0.3 is 12.1 Å². The maximum absolute atomic E-state index is 11.6. The summed E-state index contributed by atoms with van der Waals surface area (Å²) in [5.41, 5.74) is 1.08. The lowest BCUT2D eigenvalue weighted by atomic mass is 10.0. The summed E-state index contributed by atoms with van der Waals surface area (Å²) in [6, 6.07) is 5.02. The van der Waals surface area contributed by atoms with Gasteiger partial charge in [0.15, 0.2) is 0 Å². The highest BCUT2D eigenvalue weighted by atomic mass is 16.5. The topological polar surface area (TPSA) is 75.6 Å². The zero-order valence-electron chi connectivity index (χ0n) is 11.9. The number of benzene rings is 1. The largest absolute Gasteiger partial charge is 0.478 e. The number of nitrogens with one attached hydrogen (secondary N) is 1. The molecule has 110 valence electrons. The van der Waals surface area contributed by atoms with Crippen molar-refractivity contribution in [1.82, 2.24) is 0 Å². The van der Waals surface area contributed by atoms with Crippen LogP contribution in [0.25, 0.3) is 0 Å². The van der Waals surface area contributed by atoms with Crippen LogP contribution in [0.4, 0.5) is 10.5 Å². The third-order valence-electron chi connectivity index (χ3n) is 2.96. The van der Waals surface area contributed by atoms with Crippen molar-refractivity contribution in [2.24, 2.45) is 0 Å². The first-order chi connectivity index (χ1) is 9.60. The smallest absolute Gasteiger partial charge is 0.411 e. The molecule has 0 aliphatic carbocycles. The summed E-state index contributed by atoms with van der Waals surface area (Å²) in [7, 11) is 0. The van der Waals surface area contributed by atoms with Gasteiger partial charge in [0.1, 0.15) is 0 Å². The van der Waals surface area contributed by atoms with Crippen LogP contribution in [-0.2, 0) is 11.2 Å². The Morgan fingerprint density at radius 2 is 2.00 bits per heavy atom. The second-order valence-electron chi connectivity index (χ2n) is 4.47. The number of aromatic carboxylic acids is 1. The van der Waals surface area contributed by atoms with E-state index in [4.69, 9.17) is 4.74 Å². The standard InChI is InChI=1S/C15H21NO4/c1-3-5-6-10-20-15(19)16-12-9-7-8-11(4-2)13(12)14(17)18/h7-9H,3-6,10H2,1-2H3,(H,16,19)(H,17,18). The zero-order chi connectivity index (χ0) is 15.0. The number of anilines is 1. The Morgan fingerprint density at radius 3 is 2.60 bits per heavy atom. The Balaban J connectivity index is 2.72. The highest BCUT2D eigenvalue weighted by molar-refractivity contribution is 6.00. The number of hydrogen-bond donors (Lipinski definition) is 2. The Hall–Kier alpha value is -2.04. The monoisotopic (exact) mass is 279 g/mol. The first-order valence-corrected chi connectivity index (χ1v) is 6.89. The van der Waals surface area contributed by atoms with Crippen molar-refractivity contribution in [3.8, 4) is 0 Å². The van der Waals surface area contributed by atoms with Crippen LogP contribution in [0.1, 0.15) is 49.0 Å². The summed E-state index contributed by atoms with van der Waals surface area (Å²) in [5.74, 6) is -1.05. The number of hydrogen-bond acceptors (Lipinski definition) is 3. The van der Waals surface area contributed by atoms with Crippen LogP contribution < -0.4 is 5.32 Å². The number of carbonyl (C=O) groups is 2. The molecular formula is C15H21NO4. The predicted molar refractivity (Wildman–Crippen MR) is 77.3 cm³/mol. The first kappa shape index (κ1) is 16.0. The Bertz CT molecular complexity index is 471. The van der Waals surface area contributed by atoms with Crippen LogP contribution in [0.3, 0.4) is 0 Å². The Labute approximate surface area is 118 Å². The number of ether oxygens (including phenoxy) is 1. The maximum atomic E-state index is 11.6. The second kappa shape index (κ2) is 8.19. The lowest BCUT2D eigenvalue weighted by molar-refractivity contribution is 0.0697. The van der Waals surface area contributed by atoms with E-state index >= 15 is 0 Å². The van der Waals surface area contributed by atoms with E-state index in [-0.39, 0.29) is 11.3 Å². The van der Waals surface area contributed by atoms with E-state index < -0.39 is 12.1 Å². The first-order valence-electron chi connectivity index (χ1n) is 6.89. The molecule has 1 amide bonds. The number of unbranched alkanes of at least 4 members (excludes halogenated alkanes) is 2. The van der Waals surface area contributed by atoms with Gasteiger partial charge in [0.2, 0.25) is 0 Å². The van der Waals surface area contributed by atoms with Crippen LogP contribution >= 0.6 is 0 Å². The minimum Gasteiger partial charge on any atom is -0.478 e. The summed E-state index contributed by atoms with van der Waals surface area (Å²) in [6.07, 6.45) is 2.83. The average Bonchev–Trinajstić information content (AvgIpc) is 2.43. The minimum absolute atomic E-state index is 0.125. The van der Waals surface area contributed by atoms with Gasteiger partial charge in [-0.25, -0.2) is 9.59 Å². The Kier molecular flexibility index (Phi) is 6.56. The molecule has 0 aliphatic rings. The van der Waals surface area contributed by atoms with Crippen LogP contribution in [0.15, 0.2) is 18.2 Å². The van der Waals surface area contributed by atoms with Crippen molar-refractivity contribution in [1.29, 1.82) is 0 Å². The van der Waals surface area contributed by atoms with Crippen molar-refractivity contribution < 1.29 is 19.4 Å². The van der Waals surface area contributed by atoms with Crippen LogP contribution in [-0.4, -0.2) is 23.8 Å². The molecule has 1 aromatic rings. The van der Waals surface area contributed by atoms with E-state index in [2.05, 4.69) is 12.2 Å². The zero-order valence-corrected chi connectivity index (χ0v) is 11.9. The van der Waals surface area contributed by atoms with E-state index in [0.29, 0.717) is 18.6 Å². The lowest BCUT2D eigenvalue weighted by Gasteiger charge is -2.12. The predicted octanol–water partition coefficient (Wildman–Crippen LogP) is 3.69. The second-order valence-corrected chi connectivity index (χ2v) is 4.47. The molecule has 0 saturated carbocycles. The molecule has 1 aromatic carbocycles. The quantitative estimate of drug-likeness (QED) is 0.746. The van der Waals surface area contributed by atoms with Gasteiger partial charge in [-0.15, -0.1) is 0 Å². The molecule has 0 spiro atoms. The summed E-state index contributed by atoms with van der Waals surface area (Å²) >= 11 is 0. The summed E-state index contributed by atoms with van der Waals surface area (Å²) in [4.78, 5) is 22.9. The molecule has 0 unspecified atom stereocenters. The highest BCUT2D eigenvalue weighted by Gasteiger charge is 2.16. The van der Waals surface area contributed by atoms with E-state index in [9.17, 15) is 14.7 Å². The summed E-state index contributed by atoms with van der Waals surface area (Å²) < 4.78 is 5.01. The number of carboxylic acids is 1. The van der Waals surface area contributed by atoms with Crippen molar-refractivity contribution in [3.63, 3.8) is 0 Å². The molecule has 5 heteroatoms. The van der Waals surface area contributed by atoms with Crippen LogP contribution in [0, 0.1) is 0 Å². The van der Waals surface area contributed by atoms with Gasteiger partial charge in [0.25, 0.3) is 0 Å². The van der Waals surface area contributed by atoms with Gasteiger partial charge in [-0.2, -0.15) is 0 Å². The molecule has 0 aliphatic heterocycles. The normalized spacial score (nSPS) is 10.1. The number of carbonyl (C=O) groups excluding carboxylic acids is 1. The SMILES string of the molecule is CCCCCOC(=O)Nc1cccc(CC)c1C(=O)O. The number of rotatable bonds is 7. The van der Waals surface area contributed by atoms with Crippen molar-refractivity contribution in [3.05, 3.63) is 29.3 Å². The van der Waals surface area contributed by atoms with Gasteiger partial charge in [0, 0.05) is 0 Å². The molecule has 20 heavy (non-hydrogen) atoms. The third-order valence-corrected chi connectivity index (χ3v) is 2.96. The van der Waals surface area contributed by atoms with Crippen molar-refractivity contribution in [2.45, 2.75) is 39.5 Å². The average molecular weight is 279 g/mol. The minimum atomic E-state index is -1.05. The van der Waals surface area contributed by atoms with E-state index in [0.717, 1.165) is 19.3 Å². The van der Waals surface area contributed by atoms with Gasteiger partial charge in [-0.3, -0.25) is 5.32 Å². The number of carboxylic acid groups (broad SMARTS) is 1. The van der Waals surface area contributed by atoms with Gasteiger partial charge in [-0.05, 0) is 24.5 Å². The van der Waals surface area contributed by atoms with E-state index in [1.807, 2.05) is 6.92 Å². The van der Waals surface area contributed by atoms with Gasteiger partial charge in [-0.1, -0.05) is 38.8 Å². The van der Waals surface area contributed by atoms with E-state index in [1.54, 1.807) is 18.2 Å². The third kappa shape index (κ3) is 4.57. The highest BCUT2D eigenvalue weighted by Crippen LogP contribution is 2.21.